The van der Waals surface area contributed by atoms with Crippen LogP contribution in [0.4, 0.5) is 14.6 Å². The molecule has 0 aliphatic carbocycles. The first-order chi connectivity index (χ1) is 11.5. The SMILES string of the molecule is Cc1c(CNc2nc(Cl)nc3c2CN(C=O)C3)cccc1C(F)F. The first kappa shape index (κ1) is 16.6. The summed E-state index contributed by atoms with van der Waals surface area (Å²) >= 11 is 5.93. The third-order valence-corrected chi connectivity index (χ3v) is 4.27. The van der Waals surface area contributed by atoms with Gasteiger partial charge in [0.2, 0.25) is 11.7 Å². The monoisotopic (exact) mass is 352 g/mol. The summed E-state index contributed by atoms with van der Waals surface area (Å²) in [5.74, 6) is 0.524. The smallest absolute Gasteiger partial charge is 0.264 e. The Hall–Kier alpha value is -2.28. The van der Waals surface area contributed by atoms with Crippen molar-refractivity contribution in [2.75, 3.05) is 5.32 Å². The van der Waals surface area contributed by atoms with E-state index in [1.54, 1.807) is 24.0 Å². The molecule has 3 rings (SSSR count). The molecule has 8 heteroatoms. The van der Waals surface area contributed by atoms with E-state index in [0.29, 0.717) is 36.7 Å². The maximum Gasteiger partial charge on any atom is 0.264 e. The van der Waals surface area contributed by atoms with E-state index in [9.17, 15) is 13.6 Å². The second kappa shape index (κ2) is 6.68. The highest BCUT2D eigenvalue weighted by Gasteiger charge is 2.24. The third kappa shape index (κ3) is 3.17. The Kier molecular flexibility index (Phi) is 4.62. The Balaban J connectivity index is 1.84. The highest BCUT2D eigenvalue weighted by atomic mass is 35.5. The van der Waals surface area contributed by atoms with Gasteiger partial charge in [-0.15, -0.1) is 0 Å². The maximum absolute atomic E-state index is 13.0. The van der Waals surface area contributed by atoms with Gasteiger partial charge in [0.1, 0.15) is 5.82 Å². The largest absolute Gasteiger partial charge is 0.366 e. The van der Waals surface area contributed by atoms with Crippen molar-refractivity contribution in [3.63, 3.8) is 0 Å². The number of fused-ring (bicyclic) bond motifs is 1. The predicted octanol–water partition coefficient (Wildman–Crippen LogP) is 3.46. The van der Waals surface area contributed by atoms with E-state index in [1.807, 2.05) is 0 Å². The van der Waals surface area contributed by atoms with Gasteiger partial charge >= 0.3 is 0 Å². The molecule has 0 saturated carbocycles. The topological polar surface area (TPSA) is 58.1 Å². The minimum Gasteiger partial charge on any atom is -0.366 e. The number of carbonyl (C=O) groups excluding carboxylic acids is 1. The highest BCUT2D eigenvalue weighted by Crippen LogP contribution is 2.29. The number of nitrogens with one attached hydrogen (secondary N) is 1. The van der Waals surface area contributed by atoms with Gasteiger partial charge in [-0.2, -0.15) is 0 Å². The van der Waals surface area contributed by atoms with Crippen molar-refractivity contribution in [2.24, 2.45) is 0 Å². The number of anilines is 1. The summed E-state index contributed by atoms with van der Waals surface area (Å²) in [5, 5.41) is 3.22. The average molecular weight is 353 g/mol. The van der Waals surface area contributed by atoms with Crippen LogP contribution in [-0.2, 0) is 24.4 Å². The van der Waals surface area contributed by atoms with Gasteiger partial charge < -0.3 is 10.2 Å². The zero-order valence-corrected chi connectivity index (χ0v) is 13.6. The van der Waals surface area contributed by atoms with Crippen molar-refractivity contribution in [1.29, 1.82) is 0 Å². The van der Waals surface area contributed by atoms with Crippen molar-refractivity contribution in [1.82, 2.24) is 14.9 Å². The fraction of sp³-hybridized carbons (Fsp3) is 0.312. The van der Waals surface area contributed by atoms with Gasteiger partial charge in [0.05, 0.1) is 18.8 Å². The van der Waals surface area contributed by atoms with Crippen LogP contribution in [0.25, 0.3) is 0 Å². The molecule has 0 spiro atoms. The first-order valence-corrected chi connectivity index (χ1v) is 7.72. The van der Waals surface area contributed by atoms with Gasteiger partial charge in [-0.05, 0) is 29.7 Å². The summed E-state index contributed by atoms with van der Waals surface area (Å²) in [7, 11) is 0. The molecule has 1 aromatic carbocycles. The Morgan fingerprint density at radius 2 is 2.17 bits per heavy atom. The lowest BCUT2D eigenvalue weighted by Crippen LogP contribution is -2.13. The molecule has 0 fully saturated rings. The number of rotatable bonds is 5. The summed E-state index contributed by atoms with van der Waals surface area (Å²) in [6, 6.07) is 4.82. The van der Waals surface area contributed by atoms with Crippen LogP contribution in [0.1, 0.15) is 34.4 Å². The second-order valence-corrected chi connectivity index (χ2v) is 5.90. The quantitative estimate of drug-likeness (QED) is 0.661. The van der Waals surface area contributed by atoms with Crippen LogP contribution in [0.2, 0.25) is 5.28 Å². The van der Waals surface area contributed by atoms with Gasteiger partial charge in [-0.1, -0.05) is 18.2 Å². The maximum atomic E-state index is 13.0. The van der Waals surface area contributed by atoms with Crippen molar-refractivity contribution < 1.29 is 13.6 Å². The summed E-state index contributed by atoms with van der Waals surface area (Å²) in [4.78, 5) is 20.8. The van der Waals surface area contributed by atoms with Crippen LogP contribution in [0.5, 0.6) is 0 Å². The fourth-order valence-corrected chi connectivity index (χ4v) is 2.97. The normalized spacial score (nSPS) is 13.3. The summed E-state index contributed by atoms with van der Waals surface area (Å²) in [5.41, 5.74) is 2.82. The second-order valence-electron chi connectivity index (χ2n) is 5.56. The first-order valence-electron chi connectivity index (χ1n) is 7.34. The predicted molar refractivity (Wildman–Crippen MR) is 85.8 cm³/mol. The summed E-state index contributed by atoms with van der Waals surface area (Å²) in [6.07, 6.45) is -1.76. The van der Waals surface area contributed by atoms with E-state index < -0.39 is 6.43 Å². The lowest BCUT2D eigenvalue weighted by molar-refractivity contribution is -0.118. The highest BCUT2D eigenvalue weighted by molar-refractivity contribution is 6.28. The van der Waals surface area contributed by atoms with Crippen LogP contribution in [0, 0.1) is 6.92 Å². The number of halogens is 3. The molecule has 24 heavy (non-hydrogen) atoms. The van der Waals surface area contributed by atoms with Crippen molar-refractivity contribution in [3.05, 3.63) is 51.4 Å². The molecule has 1 N–H and O–H groups in total. The van der Waals surface area contributed by atoms with Crippen molar-refractivity contribution >= 4 is 23.8 Å². The van der Waals surface area contributed by atoms with Crippen LogP contribution in [-0.4, -0.2) is 21.3 Å². The van der Waals surface area contributed by atoms with Crippen LogP contribution >= 0.6 is 11.6 Å². The molecule has 1 amide bonds. The number of benzene rings is 1. The van der Waals surface area contributed by atoms with E-state index in [-0.39, 0.29) is 10.8 Å². The van der Waals surface area contributed by atoms with Gasteiger partial charge in [0.25, 0.3) is 6.43 Å². The van der Waals surface area contributed by atoms with E-state index in [2.05, 4.69) is 15.3 Å². The van der Waals surface area contributed by atoms with E-state index in [4.69, 9.17) is 11.6 Å². The van der Waals surface area contributed by atoms with Crippen LogP contribution in [0.3, 0.4) is 0 Å². The molecule has 0 saturated heterocycles. The number of hydrogen-bond acceptors (Lipinski definition) is 4. The fourth-order valence-electron chi connectivity index (χ4n) is 2.78. The number of hydrogen-bond donors (Lipinski definition) is 1. The third-order valence-electron chi connectivity index (χ3n) is 4.10. The zero-order chi connectivity index (χ0) is 17.3. The molecule has 0 unspecified atom stereocenters. The van der Waals surface area contributed by atoms with E-state index >= 15 is 0 Å². The molecule has 1 aliphatic rings. The standard InChI is InChI=1S/C16H15ClF2N4O/c1-9-10(3-2-4-11(9)14(18)19)5-20-15-12-6-23(8-24)7-13(12)21-16(17)22-15/h2-4,8,14H,5-7H2,1H3,(H,20,21,22). The van der Waals surface area contributed by atoms with Gasteiger partial charge in [-0.3, -0.25) is 4.79 Å². The number of aromatic nitrogens is 2. The summed E-state index contributed by atoms with van der Waals surface area (Å²) in [6.45, 7) is 2.78. The Morgan fingerprint density at radius 3 is 2.88 bits per heavy atom. The summed E-state index contributed by atoms with van der Waals surface area (Å²) < 4.78 is 26.0. The number of nitrogens with zero attached hydrogens (tertiary/aromatic N) is 3. The molecule has 5 nitrogen and oxygen atoms in total. The van der Waals surface area contributed by atoms with Crippen LogP contribution in [0.15, 0.2) is 18.2 Å². The minimum absolute atomic E-state index is 0.0207. The lowest BCUT2D eigenvalue weighted by Gasteiger charge is -2.14. The molecule has 2 aromatic rings. The number of amides is 1. The lowest BCUT2D eigenvalue weighted by atomic mass is 10.0. The Morgan fingerprint density at radius 1 is 1.38 bits per heavy atom. The van der Waals surface area contributed by atoms with Crippen LogP contribution < -0.4 is 5.32 Å². The van der Waals surface area contributed by atoms with Gasteiger partial charge in [0, 0.05) is 17.7 Å². The molecule has 126 valence electrons. The molecule has 2 heterocycles. The molecule has 1 aromatic heterocycles. The van der Waals surface area contributed by atoms with E-state index in [1.165, 1.54) is 6.07 Å². The molecule has 1 aliphatic heterocycles. The molecule has 0 atom stereocenters. The van der Waals surface area contributed by atoms with Gasteiger partial charge in [-0.25, -0.2) is 18.7 Å². The van der Waals surface area contributed by atoms with Gasteiger partial charge in [0.15, 0.2) is 0 Å². The minimum atomic E-state index is -2.51. The van der Waals surface area contributed by atoms with E-state index in [0.717, 1.165) is 17.5 Å². The average Bonchev–Trinajstić information content (AvgIpc) is 2.96. The molecular formula is C16H15ClF2N4O. The Labute approximate surface area is 142 Å². The molecular weight excluding hydrogens is 338 g/mol. The number of carbonyl (C=O) groups is 1. The molecule has 0 bridgehead atoms. The van der Waals surface area contributed by atoms with Crippen molar-refractivity contribution in [2.45, 2.75) is 33.0 Å². The number of alkyl halides is 2. The Bertz CT molecular complexity index is 785. The van der Waals surface area contributed by atoms with Crippen molar-refractivity contribution in [3.8, 4) is 0 Å². The molecule has 0 radical (unpaired) electrons. The zero-order valence-electron chi connectivity index (χ0n) is 12.9.